The van der Waals surface area contributed by atoms with Crippen molar-refractivity contribution >= 4 is 59.9 Å². The fourth-order valence-electron chi connectivity index (χ4n) is 4.62. The molecule has 4 aromatic rings. The second-order valence-corrected chi connectivity index (χ2v) is 12.9. The van der Waals surface area contributed by atoms with Gasteiger partial charge in [-0.1, -0.05) is 40.2 Å². The summed E-state index contributed by atoms with van der Waals surface area (Å²) in [6.07, 6.45) is 2.23. The van der Waals surface area contributed by atoms with E-state index in [1.807, 2.05) is 61.5 Å². The lowest BCUT2D eigenvalue weighted by Gasteiger charge is -2.23. The number of aromatic amines is 1. The van der Waals surface area contributed by atoms with Crippen molar-refractivity contribution in [2.45, 2.75) is 19.3 Å². The van der Waals surface area contributed by atoms with E-state index >= 15 is 0 Å². The summed E-state index contributed by atoms with van der Waals surface area (Å²) in [6, 6.07) is 20.0. The van der Waals surface area contributed by atoms with Crippen molar-refractivity contribution in [3.05, 3.63) is 87.9 Å². The van der Waals surface area contributed by atoms with Crippen LogP contribution in [0.4, 0.5) is 11.4 Å². The van der Waals surface area contributed by atoms with E-state index in [9.17, 15) is 18.3 Å². The molecule has 1 heterocycles. The number of hydrogen-bond donors (Lipinski definition) is 3. The number of fused-ring (bicyclic) bond motifs is 1. The number of carboxylic acid groups (broad SMARTS) is 1. The number of nitrogens with one attached hydrogen (secondary N) is 1. The van der Waals surface area contributed by atoms with Crippen molar-refractivity contribution in [1.82, 2.24) is 9.88 Å². The average Bonchev–Trinajstić information content (AvgIpc) is 3.22. The zero-order chi connectivity index (χ0) is 29.7. The topological polar surface area (TPSA) is 126 Å². The molecule has 0 spiro atoms. The first-order valence-electron chi connectivity index (χ1n) is 13.1. The van der Waals surface area contributed by atoms with Crippen LogP contribution in [0.2, 0.25) is 0 Å². The van der Waals surface area contributed by atoms with Crippen LogP contribution in [0, 0.1) is 0 Å². The lowest BCUT2D eigenvalue weighted by atomic mass is 9.98. The summed E-state index contributed by atoms with van der Waals surface area (Å²) in [5.74, 6) is -0.928. The molecule has 0 saturated heterocycles. The molecule has 0 atom stereocenters. The van der Waals surface area contributed by atoms with Gasteiger partial charge in [0.2, 0.25) is 10.0 Å². The summed E-state index contributed by atoms with van der Waals surface area (Å²) in [5.41, 5.74) is 4.36. The molecule has 11 heteroatoms. The molecule has 0 fully saturated rings. The third-order valence-corrected chi connectivity index (χ3v) is 8.24. The van der Waals surface area contributed by atoms with Crippen LogP contribution in [0.3, 0.4) is 0 Å². The van der Waals surface area contributed by atoms with Crippen molar-refractivity contribution in [1.29, 1.82) is 0 Å². The lowest BCUT2D eigenvalue weighted by Crippen LogP contribution is -2.32. The number of hydrogen-bond acceptors (Lipinski definition) is 6. The predicted molar refractivity (Wildman–Crippen MR) is 167 cm³/mol. The summed E-state index contributed by atoms with van der Waals surface area (Å²) in [4.78, 5) is 21.1. The Morgan fingerprint density at radius 3 is 2.41 bits per heavy atom. The highest BCUT2D eigenvalue weighted by molar-refractivity contribution is 9.10. The van der Waals surface area contributed by atoms with E-state index in [1.165, 1.54) is 10.6 Å². The standard InChI is InChI=1S/C30H33BrN4O5S/c1-34(2)16-5-17-35(41(3,39)40)24-12-10-23(11-13-24)32-29(21-7-4-6-20(18-21)8-15-27(36)37)28-25-14-9-22(31)19-26(25)33-30(28)38/h4,6-7,9-14,18-19,33,38H,5,8,15-17H2,1-3H3,(H,36,37). The first kappa shape index (κ1) is 30.3. The number of halogens is 1. The summed E-state index contributed by atoms with van der Waals surface area (Å²) in [7, 11) is 0.408. The minimum Gasteiger partial charge on any atom is -0.494 e. The minimum absolute atomic E-state index is 0.00483. The van der Waals surface area contributed by atoms with Gasteiger partial charge in [0.1, 0.15) is 0 Å². The lowest BCUT2D eigenvalue weighted by molar-refractivity contribution is -0.136. The van der Waals surface area contributed by atoms with E-state index in [1.54, 1.807) is 24.3 Å². The first-order valence-corrected chi connectivity index (χ1v) is 15.7. The van der Waals surface area contributed by atoms with Gasteiger partial charge in [-0.3, -0.25) is 9.10 Å². The number of rotatable bonds is 12. The number of nitrogens with zero attached hydrogens (tertiary/aromatic N) is 3. The molecule has 3 aromatic carbocycles. The second-order valence-electron chi connectivity index (χ2n) is 10.1. The molecule has 0 aliphatic heterocycles. The number of aromatic hydroxyl groups is 1. The van der Waals surface area contributed by atoms with E-state index < -0.39 is 16.0 Å². The van der Waals surface area contributed by atoms with Gasteiger partial charge in [-0.25, -0.2) is 13.4 Å². The Balaban J connectivity index is 1.79. The van der Waals surface area contributed by atoms with Crippen LogP contribution in [0.15, 0.2) is 76.2 Å². The van der Waals surface area contributed by atoms with Crippen LogP contribution >= 0.6 is 15.9 Å². The number of H-pyrrole nitrogens is 1. The van der Waals surface area contributed by atoms with Gasteiger partial charge in [0.25, 0.3) is 0 Å². The molecule has 0 saturated carbocycles. The smallest absolute Gasteiger partial charge is 0.303 e. The summed E-state index contributed by atoms with van der Waals surface area (Å²) in [5, 5.41) is 20.9. The molecule has 4 rings (SSSR count). The number of aliphatic carboxylic acids is 1. The zero-order valence-electron chi connectivity index (χ0n) is 23.1. The molecule has 0 unspecified atom stereocenters. The van der Waals surface area contributed by atoms with E-state index in [-0.39, 0.29) is 12.3 Å². The Morgan fingerprint density at radius 1 is 1.02 bits per heavy atom. The van der Waals surface area contributed by atoms with Gasteiger partial charge in [0, 0.05) is 28.4 Å². The summed E-state index contributed by atoms with van der Waals surface area (Å²) >= 11 is 3.47. The second kappa shape index (κ2) is 12.9. The van der Waals surface area contributed by atoms with Gasteiger partial charge in [0.15, 0.2) is 5.88 Å². The number of benzene rings is 3. The molecule has 0 bridgehead atoms. The van der Waals surface area contributed by atoms with E-state index in [4.69, 9.17) is 10.1 Å². The van der Waals surface area contributed by atoms with Crippen molar-refractivity contribution < 1.29 is 23.4 Å². The third kappa shape index (κ3) is 7.75. The largest absolute Gasteiger partial charge is 0.494 e. The van der Waals surface area contributed by atoms with Crippen LogP contribution < -0.4 is 4.31 Å². The predicted octanol–water partition coefficient (Wildman–Crippen LogP) is 5.54. The number of carbonyl (C=O) groups is 1. The molecular weight excluding hydrogens is 608 g/mol. The molecule has 0 aliphatic carbocycles. The van der Waals surface area contributed by atoms with Gasteiger partial charge < -0.3 is 20.1 Å². The van der Waals surface area contributed by atoms with E-state index in [0.717, 1.165) is 27.5 Å². The summed E-state index contributed by atoms with van der Waals surface area (Å²) in [6.45, 7) is 1.11. The Labute approximate surface area is 248 Å². The Bertz CT molecular complexity index is 1680. The van der Waals surface area contributed by atoms with Gasteiger partial charge in [-0.05, 0) is 81.5 Å². The van der Waals surface area contributed by atoms with Crippen molar-refractivity contribution in [3.63, 3.8) is 0 Å². The molecule has 41 heavy (non-hydrogen) atoms. The van der Waals surface area contributed by atoms with Gasteiger partial charge in [-0.15, -0.1) is 0 Å². The monoisotopic (exact) mass is 640 g/mol. The first-order chi connectivity index (χ1) is 19.4. The SMILES string of the molecule is CN(C)CCCN(c1ccc(N=C(c2cccc(CCC(=O)O)c2)c2c(O)[nH]c3cc(Br)ccc23)cc1)S(C)(=O)=O. The average molecular weight is 642 g/mol. The van der Waals surface area contributed by atoms with Crippen LogP contribution in [0.5, 0.6) is 5.88 Å². The highest BCUT2D eigenvalue weighted by atomic mass is 79.9. The molecule has 0 aliphatic rings. The van der Waals surface area contributed by atoms with Crippen molar-refractivity contribution in [2.75, 3.05) is 37.7 Å². The molecular formula is C30H33BrN4O5S. The Morgan fingerprint density at radius 2 is 1.76 bits per heavy atom. The number of aryl methyl sites for hydroxylation is 1. The van der Waals surface area contributed by atoms with Gasteiger partial charge in [-0.2, -0.15) is 0 Å². The Hall–Kier alpha value is -3.67. The van der Waals surface area contributed by atoms with Crippen LogP contribution in [0.1, 0.15) is 29.5 Å². The third-order valence-electron chi connectivity index (χ3n) is 6.55. The molecule has 9 nitrogen and oxygen atoms in total. The quantitative estimate of drug-likeness (QED) is 0.175. The molecule has 1 aromatic heterocycles. The maximum absolute atomic E-state index is 12.5. The van der Waals surface area contributed by atoms with E-state index in [2.05, 4.69) is 20.9 Å². The van der Waals surface area contributed by atoms with Crippen LogP contribution in [0.25, 0.3) is 10.9 Å². The number of anilines is 1. The number of sulfonamides is 1. The zero-order valence-corrected chi connectivity index (χ0v) is 25.5. The number of aromatic nitrogens is 1. The molecule has 216 valence electrons. The summed E-state index contributed by atoms with van der Waals surface area (Å²) < 4.78 is 27.3. The highest BCUT2D eigenvalue weighted by Crippen LogP contribution is 2.33. The van der Waals surface area contributed by atoms with Crippen LogP contribution in [-0.2, 0) is 21.2 Å². The van der Waals surface area contributed by atoms with Crippen molar-refractivity contribution in [3.8, 4) is 5.88 Å². The molecule has 0 radical (unpaired) electrons. The normalized spacial score (nSPS) is 12.3. The number of aliphatic imine (C=N–C) groups is 1. The maximum atomic E-state index is 12.5. The highest BCUT2D eigenvalue weighted by Gasteiger charge is 2.20. The Kier molecular flexibility index (Phi) is 9.52. The van der Waals surface area contributed by atoms with E-state index in [0.29, 0.717) is 47.6 Å². The van der Waals surface area contributed by atoms with Crippen molar-refractivity contribution in [2.24, 2.45) is 4.99 Å². The fraction of sp³-hybridized carbons (Fsp3) is 0.267. The van der Waals surface area contributed by atoms with Gasteiger partial charge in [0.05, 0.1) is 34.4 Å². The van der Waals surface area contributed by atoms with Crippen LogP contribution in [-0.4, -0.2) is 73.6 Å². The van der Waals surface area contributed by atoms with Gasteiger partial charge >= 0.3 is 5.97 Å². The fourth-order valence-corrected chi connectivity index (χ4v) is 5.95. The number of carboxylic acids is 1. The molecule has 3 N–H and O–H groups in total. The minimum atomic E-state index is -3.48. The molecule has 0 amide bonds. The maximum Gasteiger partial charge on any atom is 0.303 e.